The number of hydrogen-bond donors (Lipinski definition) is 4. The number of aromatic nitrogens is 5. The van der Waals surface area contributed by atoms with Crippen molar-refractivity contribution < 1.29 is 47.5 Å². The SMILES string of the molecule is CN1C(=O)N(C)C1=O.CN=c1oc(=O)n(C)c(=O)n1C.CNC(=O)N(C)C(=O)NC.CNC(=O)N(C)C(=O)OC.CNC(=O)OC.Cn1c(=O)n(C)c(=O)n(C)c1=O. The zero-order chi connectivity index (χ0) is 46.4. The molecule has 0 bridgehead atoms. The van der Waals surface area contributed by atoms with E-state index >= 15 is 0 Å². The van der Waals surface area contributed by atoms with Gasteiger partial charge in [0.05, 0.1) is 14.2 Å². The summed E-state index contributed by atoms with van der Waals surface area (Å²) >= 11 is 0. The molecule has 4 N–H and O–H groups in total. The predicted octanol–water partition coefficient (Wildman–Crippen LogP) is -4.31. The van der Waals surface area contributed by atoms with Crippen LogP contribution in [0.3, 0.4) is 0 Å². The predicted molar refractivity (Wildman–Crippen MR) is 202 cm³/mol. The molecular formula is C29H52N14O15. The van der Waals surface area contributed by atoms with Crippen LogP contribution in [0.4, 0.5) is 33.6 Å². The zero-order valence-electron chi connectivity index (χ0n) is 35.1. The summed E-state index contributed by atoms with van der Waals surface area (Å²) in [5.74, 6) is -0.710. The molecule has 29 heteroatoms. The van der Waals surface area contributed by atoms with Crippen LogP contribution in [-0.4, -0.2) is 162 Å². The van der Waals surface area contributed by atoms with Gasteiger partial charge in [-0.2, -0.15) is 0 Å². The summed E-state index contributed by atoms with van der Waals surface area (Å²) in [6.45, 7) is 0. The number of urea groups is 5. The van der Waals surface area contributed by atoms with E-state index < -0.39 is 58.8 Å². The Labute approximate surface area is 329 Å². The van der Waals surface area contributed by atoms with E-state index in [-0.39, 0.29) is 17.7 Å². The lowest BCUT2D eigenvalue weighted by atomic mass is 10.5. The Hall–Kier alpha value is -7.49. The fourth-order valence-electron chi connectivity index (χ4n) is 3.20. The van der Waals surface area contributed by atoms with Gasteiger partial charge in [0.2, 0.25) is 0 Å². The summed E-state index contributed by atoms with van der Waals surface area (Å²) in [6, 6.07) is -1.84. The number of carbonyl (C=O) groups is 7. The first-order valence-electron chi connectivity index (χ1n) is 15.8. The van der Waals surface area contributed by atoms with Crippen LogP contribution in [0.15, 0.2) is 33.4 Å². The number of alkyl carbamates (subject to hydrolysis) is 1. The van der Waals surface area contributed by atoms with Crippen LogP contribution in [-0.2, 0) is 44.7 Å². The van der Waals surface area contributed by atoms with E-state index in [1.165, 1.54) is 113 Å². The monoisotopic (exact) mass is 836 g/mol. The second-order valence-electron chi connectivity index (χ2n) is 10.5. The third-order valence-corrected chi connectivity index (χ3v) is 6.77. The van der Waals surface area contributed by atoms with Crippen LogP contribution in [0, 0.1) is 0 Å². The normalized spacial score (nSPS) is 10.9. The quantitative estimate of drug-likeness (QED) is 0.195. The molecule has 0 unspecified atom stereocenters. The summed E-state index contributed by atoms with van der Waals surface area (Å²) in [5.41, 5.74) is -2.26. The van der Waals surface area contributed by atoms with Gasteiger partial charge >= 0.3 is 76.5 Å². The van der Waals surface area contributed by atoms with Crippen molar-refractivity contribution in [3.05, 3.63) is 58.2 Å². The number of amides is 12. The standard InChI is InChI=1S/2C6H9N3O3.C5H11N3O2.C5H10N2O3.C4H6N2O2.C3H7NO2/c1-7-4-8(2)5(10)9(3)6(11)12-4;1-7-4(10)8(2)6(12)9(3)5(7)11;1-6-4(9)8(3)5(10)7-2;1-6-4(8)7(2)5(9)10-3;1-5-3(7)6(2)4(5)8;1-4-3(5)6-2/h2*1-3H3;1-3H3,(H,6,9)(H,7,10);1-3H3,(H,6,8);1-2H3;1-2H3,(H,4,5). The summed E-state index contributed by atoms with van der Waals surface area (Å²) in [5, 5.41) is 9.13. The van der Waals surface area contributed by atoms with E-state index in [0.717, 1.165) is 42.4 Å². The zero-order valence-corrected chi connectivity index (χ0v) is 35.1. The molecule has 3 rings (SSSR count). The van der Waals surface area contributed by atoms with Crippen molar-refractivity contribution in [2.75, 3.05) is 77.6 Å². The molecule has 0 atom stereocenters. The summed E-state index contributed by atoms with van der Waals surface area (Å²) in [6.07, 6.45) is -1.09. The van der Waals surface area contributed by atoms with Crippen molar-refractivity contribution in [1.29, 1.82) is 0 Å². The average Bonchev–Trinajstić information content (AvgIpc) is 3.25. The first-order valence-corrected chi connectivity index (χ1v) is 15.8. The van der Waals surface area contributed by atoms with E-state index in [1.807, 2.05) is 0 Å². The van der Waals surface area contributed by atoms with Crippen molar-refractivity contribution in [1.82, 2.24) is 63.7 Å². The molecule has 12 amide bonds. The number of carbonyl (C=O) groups excluding carboxylic acids is 7. The fraction of sp³-hybridized carbons (Fsp3) is 0.552. The van der Waals surface area contributed by atoms with Gasteiger partial charge in [-0.3, -0.25) is 4.57 Å². The number of methoxy groups -OCH3 is 2. The molecule has 3 heterocycles. The average molecular weight is 837 g/mol. The van der Waals surface area contributed by atoms with E-state index in [4.69, 9.17) is 0 Å². The minimum atomic E-state index is -0.710. The molecule has 328 valence electrons. The molecule has 1 aliphatic heterocycles. The Morgan fingerprint density at radius 3 is 1.10 bits per heavy atom. The van der Waals surface area contributed by atoms with E-state index in [0.29, 0.717) is 0 Å². The topological polar surface area (TPSA) is 335 Å². The van der Waals surface area contributed by atoms with Crippen molar-refractivity contribution >= 4 is 42.3 Å². The Morgan fingerprint density at radius 2 is 0.862 bits per heavy atom. The van der Waals surface area contributed by atoms with Gasteiger partial charge in [0.25, 0.3) is 0 Å². The molecule has 1 saturated heterocycles. The summed E-state index contributed by atoms with van der Waals surface area (Å²) < 4.78 is 17.7. The van der Waals surface area contributed by atoms with Gasteiger partial charge in [0.15, 0.2) is 0 Å². The van der Waals surface area contributed by atoms with Crippen LogP contribution < -0.4 is 55.5 Å². The summed E-state index contributed by atoms with van der Waals surface area (Å²) in [7, 11) is 22.2. The Bertz CT molecular complexity index is 1940. The lowest BCUT2D eigenvalue weighted by molar-refractivity contribution is 0.125. The highest BCUT2D eigenvalue weighted by molar-refractivity contribution is 6.11. The largest absolute Gasteiger partial charge is 0.453 e. The van der Waals surface area contributed by atoms with Gasteiger partial charge in [-0.05, 0) is 0 Å². The van der Waals surface area contributed by atoms with E-state index in [2.05, 4.69) is 40.2 Å². The van der Waals surface area contributed by atoms with Gasteiger partial charge in [0.1, 0.15) is 0 Å². The Morgan fingerprint density at radius 1 is 0.534 bits per heavy atom. The molecule has 0 spiro atoms. The summed E-state index contributed by atoms with van der Waals surface area (Å²) in [4.78, 5) is 136. The van der Waals surface area contributed by atoms with Gasteiger partial charge in [-0.15, -0.1) is 0 Å². The minimum Gasteiger partial charge on any atom is -0.453 e. The highest BCUT2D eigenvalue weighted by atomic mass is 16.5. The Balaban J connectivity index is -0.000000634. The van der Waals surface area contributed by atoms with Crippen LogP contribution in [0.2, 0.25) is 0 Å². The maximum Gasteiger partial charge on any atom is 0.425 e. The van der Waals surface area contributed by atoms with Crippen molar-refractivity contribution in [3.8, 4) is 0 Å². The maximum absolute atomic E-state index is 11.2. The van der Waals surface area contributed by atoms with Crippen LogP contribution in [0.25, 0.3) is 0 Å². The van der Waals surface area contributed by atoms with Crippen molar-refractivity contribution in [3.63, 3.8) is 0 Å². The maximum atomic E-state index is 11.2. The van der Waals surface area contributed by atoms with Crippen molar-refractivity contribution in [2.24, 2.45) is 40.2 Å². The fourth-order valence-corrected chi connectivity index (χ4v) is 3.20. The first kappa shape index (κ1) is 54.9. The number of nitrogens with zero attached hydrogens (tertiary/aromatic N) is 10. The highest BCUT2D eigenvalue weighted by Gasteiger charge is 2.36. The van der Waals surface area contributed by atoms with Gasteiger partial charge in [-0.1, -0.05) is 0 Å². The number of ether oxygens (including phenoxy) is 2. The van der Waals surface area contributed by atoms with Gasteiger partial charge < -0.3 is 35.2 Å². The number of hydrogen-bond acceptors (Lipinski definition) is 16. The highest BCUT2D eigenvalue weighted by Crippen LogP contribution is 2.08. The number of imide groups is 4. The Kier molecular flexibility index (Phi) is 24.9. The molecule has 0 aromatic carbocycles. The third kappa shape index (κ3) is 16.1. The molecule has 29 nitrogen and oxygen atoms in total. The second-order valence-corrected chi connectivity index (χ2v) is 10.5. The third-order valence-electron chi connectivity index (χ3n) is 6.77. The second kappa shape index (κ2) is 26.3. The van der Waals surface area contributed by atoms with Crippen LogP contribution >= 0.6 is 0 Å². The lowest BCUT2D eigenvalue weighted by Crippen LogP contribution is -2.59. The number of rotatable bonds is 0. The smallest absolute Gasteiger partial charge is 0.425 e. The minimum absolute atomic E-state index is 0.0168. The molecule has 1 fully saturated rings. The molecular weight excluding hydrogens is 784 g/mol. The molecule has 1 aliphatic rings. The van der Waals surface area contributed by atoms with Crippen LogP contribution in [0.1, 0.15) is 0 Å². The van der Waals surface area contributed by atoms with Crippen molar-refractivity contribution in [2.45, 2.75) is 0 Å². The van der Waals surface area contributed by atoms with Crippen LogP contribution in [0.5, 0.6) is 0 Å². The van der Waals surface area contributed by atoms with Gasteiger partial charge in [0, 0.05) is 98.7 Å². The molecule has 0 radical (unpaired) electrons. The van der Waals surface area contributed by atoms with E-state index in [9.17, 15) is 57.5 Å². The van der Waals surface area contributed by atoms with Gasteiger partial charge in [-0.25, -0.2) is 100 Å². The molecule has 2 aromatic rings. The van der Waals surface area contributed by atoms with E-state index in [1.54, 1.807) is 0 Å². The lowest BCUT2D eigenvalue weighted by Gasteiger charge is -2.32. The molecule has 2 aromatic heterocycles. The molecule has 0 saturated carbocycles. The first-order chi connectivity index (χ1) is 26.7. The molecule has 0 aliphatic carbocycles. The number of nitrogens with one attached hydrogen (secondary N) is 4. The molecule has 58 heavy (non-hydrogen) atoms.